The maximum absolute atomic E-state index is 10.9. The molecule has 0 amide bonds. The van der Waals surface area contributed by atoms with Crippen molar-refractivity contribution in [3.8, 4) is 0 Å². The normalized spacial score (nSPS) is 10.4. The van der Waals surface area contributed by atoms with Crippen molar-refractivity contribution < 1.29 is 44.7 Å². The number of pyridine rings is 1. The Labute approximate surface area is 119 Å². The molecule has 0 saturated heterocycles. The molecule has 6 heteroatoms. The van der Waals surface area contributed by atoms with Crippen molar-refractivity contribution in [1.82, 2.24) is 4.98 Å². The molecule has 1 heterocycles. The largest absolute Gasteiger partial charge is 1.00 e. The Morgan fingerprint density at radius 1 is 1.41 bits per heavy atom. The molecule has 0 atom stereocenters. The molecule has 0 radical (unpaired) electrons. The van der Waals surface area contributed by atoms with Crippen molar-refractivity contribution in [2.24, 2.45) is 5.16 Å². The third-order valence-electron chi connectivity index (χ3n) is 2.15. The molecule has 17 heavy (non-hydrogen) atoms. The smallest absolute Gasteiger partial charge is 0.545 e. The molecule has 0 saturated carbocycles. The molecule has 0 spiro atoms. The molecular weight excluding hydrogens is 231 g/mol. The number of para-hydroxylation sites is 1. The first-order valence-corrected chi connectivity index (χ1v) is 4.51. The van der Waals surface area contributed by atoms with Gasteiger partial charge < -0.3 is 15.1 Å². The molecule has 5 nitrogen and oxygen atoms in total. The first kappa shape index (κ1) is 13.6. The minimum Gasteiger partial charge on any atom is -0.545 e. The van der Waals surface area contributed by atoms with Gasteiger partial charge in [0.25, 0.3) is 0 Å². The van der Waals surface area contributed by atoms with Crippen molar-refractivity contribution in [1.29, 1.82) is 0 Å². The molecule has 0 aliphatic rings. The molecule has 0 fully saturated rings. The Morgan fingerprint density at radius 3 is 2.76 bits per heavy atom. The minimum atomic E-state index is -1.29. The Bertz CT molecular complexity index is 584. The van der Waals surface area contributed by atoms with Gasteiger partial charge in [-0.3, -0.25) is 0 Å². The van der Waals surface area contributed by atoms with E-state index in [1.165, 1.54) is 6.07 Å². The molecule has 2 rings (SSSR count). The van der Waals surface area contributed by atoms with E-state index >= 15 is 0 Å². The van der Waals surface area contributed by atoms with Gasteiger partial charge in [-0.05, 0) is 12.1 Å². The second kappa shape index (κ2) is 5.77. The summed E-state index contributed by atoms with van der Waals surface area (Å²) in [6.45, 7) is 0. The number of carboxylic acid groups (broad SMARTS) is 1. The second-order valence-electron chi connectivity index (χ2n) is 3.14. The number of hydrogen-bond donors (Lipinski definition) is 1. The van der Waals surface area contributed by atoms with Crippen LogP contribution in [0.5, 0.6) is 0 Å². The summed E-state index contributed by atoms with van der Waals surface area (Å²) in [6.07, 6.45) is 1.07. The minimum absolute atomic E-state index is 0. The number of carboxylic acids is 1. The number of fused-ring (bicyclic) bond motifs is 1. The summed E-state index contributed by atoms with van der Waals surface area (Å²) in [5.74, 6) is -1.29. The van der Waals surface area contributed by atoms with E-state index in [0.29, 0.717) is 10.9 Å². The molecule has 0 unspecified atom stereocenters. The summed E-state index contributed by atoms with van der Waals surface area (Å²) in [6, 6.07) is 8.09. The third kappa shape index (κ3) is 2.82. The van der Waals surface area contributed by atoms with Crippen LogP contribution in [0.25, 0.3) is 10.9 Å². The monoisotopic (exact) mass is 238 g/mol. The number of hydrogen-bond acceptors (Lipinski definition) is 5. The van der Waals surface area contributed by atoms with E-state index in [1.54, 1.807) is 24.3 Å². The van der Waals surface area contributed by atoms with Crippen LogP contribution in [0.15, 0.2) is 35.5 Å². The van der Waals surface area contributed by atoms with Gasteiger partial charge in [-0.2, -0.15) is 0 Å². The van der Waals surface area contributed by atoms with Crippen molar-refractivity contribution in [3.63, 3.8) is 0 Å². The van der Waals surface area contributed by atoms with Crippen LogP contribution in [-0.2, 0) is 0 Å². The van der Waals surface area contributed by atoms with E-state index in [1.807, 2.05) is 0 Å². The molecule has 2 aromatic rings. The number of rotatable bonds is 2. The first-order valence-electron chi connectivity index (χ1n) is 4.51. The Balaban J connectivity index is 0.00000144. The zero-order valence-corrected chi connectivity index (χ0v) is 11.1. The quantitative estimate of drug-likeness (QED) is 0.269. The summed E-state index contributed by atoms with van der Waals surface area (Å²) in [7, 11) is 0. The summed E-state index contributed by atoms with van der Waals surface area (Å²) in [4.78, 5) is 15.0. The van der Waals surface area contributed by atoms with E-state index < -0.39 is 5.97 Å². The van der Waals surface area contributed by atoms with Gasteiger partial charge in [0, 0.05) is 10.9 Å². The summed E-state index contributed by atoms with van der Waals surface area (Å²) < 4.78 is 0. The Kier molecular flexibility index (Phi) is 4.62. The number of benzene rings is 1. The molecule has 1 aromatic heterocycles. The molecule has 0 aliphatic carbocycles. The van der Waals surface area contributed by atoms with E-state index in [4.69, 9.17) is 5.21 Å². The fourth-order valence-electron chi connectivity index (χ4n) is 1.49. The number of aromatic carboxylic acids is 1. The van der Waals surface area contributed by atoms with Gasteiger partial charge in [-0.15, -0.1) is 0 Å². The topological polar surface area (TPSA) is 85.6 Å². The maximum atomic E-state index is 10.9. The number of nitrogens with zero attached hydrogens (tertiary/aromatic N) is 2. The van der Waals surface area contributed by atoms with Crippen LogP contribution in [0, 0.1) is 0 Å². The predicted octanol–water partition coefficient (Wildman–Crippen LogP) is -2.59. The van der Waals surface area contributed by atoms with Gasteiger partial charge in [0.2, 0.25) is 0 Å². The number of aromatic nitrogens is 1. The Hall–Kier alpha value is -1.43. The predicted molar refractivity (Wildman–Crippen MR) is 55.5 cm³/mol. The van der Waals surface area contributed by atoms with Crippen molar-refractivity contribution in [2.45, 2.75) is 0 Å². The van der Waals surface area contributed by atoms with Gasteiger partial charge in [-0.1, -0.05) is 23.4 Å². The van der Waals surface area contributed by atoms with Crippen LogP contribution in [0.2, 0.25) is 0 Å². The molecule has 1 aromatic carbocycles. The average Bonchev–Trinajstić information content (AvgIpc) is 2.28. The number of carbonyl (C=O) groups is 1. The van der Waals surface area contributed by atoms with Crippen molar-refractivity contribution in [2.75, 3.05) is 0 Å². The zero-order chi connectivity index (χ0) is 11.5. The summed E-state index contributed by atoms with van der Waals surface area (Å²) in [5.41, 5.74) is 0.806. The summed E-state index contributed by atoms with van der Waals surface area (Å²) in [5, 5.41) is 22.6. The zero-order valence-electron chi connectivity index (χ0n) is 9.12. The van der Waals surface area contributed by atoms with Gasteiger partial charge >= 0.3 is 29.6 Å². The second-order valence-corrected chi connectivity index (χ2v) is 3.14. The molecular formula is C11H7N2NaO3. The van der Waals surface area contributed by atoms with E-state index in [0.717, 1.165) is 6.21 Å². The van der Waals surface area contributed by atoms with Crippen LogP contribution < -0.4 is 34.7 Å². The number of oxime groups is 1. The standard InChI is InChI=1S/C11H8N2O3.Na/c14-11(15)9-5-7(6-12-16)13-10-4-2-1-3-8(9)10;/h1-6,16H,(H,14,15);/q;+1/p-1/b12-6-;. The number of carbonyl (C=O) groups excluding carboxylic acids is 1. The molecule has 0 bridgehead atoms. The van der Waals surface area contributed by atoms with Crippen LogP contribution in [0.4, 0.5) is 0 Å². The van der Waals surface area contributed by atoms with E-state index in [-0.39, 0.29) is 40.8 Å². The SMILES string of the molecule is O=C([O-])c1cc(/C=N\O)nc2ccccc12.[Na+]. The van der Waals surface area contributed by atoms with Crippen LogP contribution in [0.3, 0.4) is 0 Å². The van der Waals surface area contributed by atoms with Crippen LogP contribution in [0.1, 0.15) is 16.1 Å². The van der Waals surface area contributed by atoms with Crippen LogP contribution >= 0.6 is 0 Å². The maximum Gasteiger partial charge on any atom is 1.00 e. The average molecular weight is 238 g/mol. The summed E-state index contributed by atoms with van der Waals surface area (Å²) >= 11 is 0. The third-order valence-corrected chi connectivity index (χ3v) is 2.15. The van der Waals surface area contributed by atoms with Crippen molar-refractivity contribution >= 4 is 23.1 Å². The first-order chi connectivity index (χ1) is 7.72. The molecule has 80 valence electrons. The van der Waals surface area contributed by atoms with Gasteiger partial charge in [0.1, 0.15) is 0 Å². The van der Waals surface area contributed by atoms with Crippen LogP contribution in [-0.4, -0.2) is 22.4 Å². The van der Waals surface area contributed by atoms with Gasteiger partial charge in [0.05, 0.1) is 23.4 Å². The van der Waals surface area contributed by atoms with E-state index in [2.05, 4.69) is 10.1 Å². The van der Waals surface area contributed by atoms with Gasteiger partial charge in [-0.25, -0.2) is 4.98 Å². The Morgan fingerprint density at radius 2 is 2.12 bits per heavy atom. The van der Waals surface area contributed by atoms with Gasteiger partial charge in [0.15, 0.2) is 0 Å². The van der Waals surface area contributed by atoms with E-state index in [9.17, 15) is 9.90 Å². The fourth-order valence-corrected chi connectivity index (χ4v) is 1.49. The molecule has 0 aliphatic heterocycles. The molecule has 1 N–H and O–H groups in total. The fraction of sp³-hybridized carbons (Fsp3) is 0. The van der Waals surface area contributed by atoms with Crippen molar-refractivity contribution in [3.05, 3.63) is 41.6 Å².